The van der Waals surface area contributed by atoms with E-state index in [0.29, 0.717) is 12.0 Å². The van der Waals surface area contributed by atoms with Crippen molar-refractivity contribution in [3.05, 3.63) is 53.4 Å². The lowest BCUT2D eigenvalue weighted by Crippen LogP contribution is -2.19. The van der Waals surface area contributed by atoms with Crippen LogP contribution >= 0.6 is 0 Å². The van der Waals surface area contributed by atoms with Gasteiger partial charge in [-0.15, -0.1) is 0 Å². The summed E-state index contributed by atoms with van der Waals surface area (Å²) >= 11 is 0. The van der Waals surface area contributed by atoms with E-state index in [2.05, 4.69) is 10.4 Å². The van der Waals surface area contributed by atoms with E-state index < -0.39 is 11.6 Å². The Hall–Kier alpha value is -1.75. The highest BCUT2D eigenvalue weighted by Crippen LogP contribution is 2.20. The van der Waals surface area contributed by atoms with Gasteiger partial charge in [0.05, 0.1) is 6.20 Å². The van der Waals surface area contributed by atoms with Crippen LogP contribution in [0.3, 0.4) is 0 Å². The van der Waals surface area contributed by atoms with Crippen LogP contribution in [0, 0.1) is 11.6 Å². The number of aryl methyl sites for hydroxylation is 1. The van der Waals surface area contributed by atoms with E-state index in [9.17, 15) is 8.78 Å². The maximum absolute atomic E-state index is 13.7. The first kappa shape index (κ1) is 13.7. The van der Waals surface area contributed by atoms with Gasteiger partial charge in [-0.1, -0.05) is 12.1 Å². The summed E-state index contributed by atoms with van der Waals surface area (Å²) in [5.74, 6) is -1.58. The summed E-state index contributed by atoms with van der Waals surface area (Å²) < 4.78 is 28.7. The first-order valence-electron chi connectivity index (χ1n) is 6.28. The molecule has 1 unspecified atom stereocenters. The average Bonchev–Trinajstić information content (AvgIpc) is 2.89. The first-order chi connectivity index (χ1) is 9.15. The number of nitrogens with one attached hydrogen (secondary N) is 1. The second kappa shape index (κ2) is 5.93. The lowest BCUT2D eigenvalue weighted by atomic mass is 10.0. The normalized spacial score (nSPS) is 12.6. The van der Waals surface area contributed by atoms with E-state index in [1.807, 2.05) is 17.8 Å². The zero-order valence-electron chi connectivity index (χ0n) is 11.0. The van der Waals surface area contributed by atoms with Gasteiger partial charge >= 0.3 is 0 Å². The molecule has 0 spiro atoms. The van der Waals surface area contributed by atoms with Gasteiger partial charge in [0.25, 0.3) is 0 Å². The molecule has 102 valence electrons. The molecular formula is C14H17F2N3. The second-order valence-corrected chi connectivity index (χ2v) is 4.39. The van der Waals surface area contributed by atoms with E-state index in [-0.39, 0.29) is 6.04 Å². The molecule has 0 bridgehead atoms. The molecular weight excluding hydrogens is 248 g/mol. The molecule has 2 rings (SSSR count). The molecule has 0 aliphatic rings. The third-order valence-corrected chi connectivity index (χ3v) is 3.18. The Kier molecular flexibility index (Phi) is 4.27. The zero-order chi connectivity index (χ0) is 13.8. The van der Waals surface area contributed by atoms with Gasteiger partial charge in [-0.25, -0.2) is 8.78 Å². The Labute approximate surface area is 111 Å². The van der Waals surface area contributed by atoms with Gasteiger partial charge in [0.2, 0.25) is 0 Å². The Morgan fingerprint density at radius 3 is 2.79 bits per heavy atom. The predicted molar refractivity (Wildman–Crippen MR) is 69.8 cm³/mol. The monoisotopic (exact) mass is 265 g/mol. The lowest BCUT2D eigenvalue weighted by molar-refractivity contribution is 0.487. The maximum atomic E-state index is 13.7. The van der Waals surface area contributed by atoms with Crippen molar-refractivity contribution < 1.29 is 8.78 Å². The van der Waals surface area contributed by atoms with Crippen LogP contribution in [-0.2, 0) is 13.0 Å². The fraction of sp³-hybridized carbons (Fsp3) is 0.357. The van der Waals surface area contributed by atoms with Gasteiger partial charge < -0.3 is 5.32 Å². The minimum atomic E-state index is -0.809. The molecule has 19 heavy (non-hydrogen) atoms. The van der Waals surface area contributed by atoms with Crippen LogP contribution in [0.4, 0.5) is 8.78 Å². The summed E-state index contributed by atoms with van der Waals surface area (Å²) in [7, 11) is 1.80. The molecule has 3 nitrogen and oxygen atoms in total. The van der Waals surface area contributed by atoms with Crippen LogP contribution in [0.25, 0.3) is 0 Å². The summed E-state index contributed by atoms with van der Waals surface area (Å²) in [4.78, 5) is 0. The van der Waals surface area contributed by atoms with Crippen molar-refractivity contribution in [1.29, 1.82) is 0 Å². The summed E-state index contributed by atoms with van der Waals surface area (Å²) in [5, 5.41) is 7.30. The molecule has 0 saturated carbocycles. The molecule has 2 aromatic rings. The van der Waals surface area contributed by atoms with Crippen molar-refractivity contribution in [2.45, 2.75) is 25.9 Å². The molecule has 0 fully saturated rings. The van der Waals surface area contributed by atoms with Gasteiger partial charge in [-0.3, -0.25) is 4.68 Å². The summed E-state index contributed by atoms with van der Waals surface area (Å²) in [6.45, 7) is 2.78. The van der Waals surface area contributed by atoms with Crippen LogP contribution in [0.15, 0.2) is 30.6 Å². The average molecular weight is 265 g/mol. The van der Waals surface area contributed by atoms with Crippen molar-refractivity contribution >= 4 is 0 Å². The standard InChI is InChI=1S/C14H17F2N3/c1-3-19-9-11(8-18-19)13(17-2)7-10-5-4-6-12(15)14(10)16/h4-6,8-9,13,17H,3,7H2,1-2H3. The highest BCUT2D eigenvalue weighted by Gasteiger charge is 2.16. The Morgan fingerprint density at radius 2 is 2.16 bits per heavy atom. The fourth-order valence-corrected chi connectivity index (χ4v) is 2.05. The third-order valence-electron chi connectivity index (χ3n) is 3.18. The van der Waals surface area contributed by atoms with E-state index >= 15 is 0 Å². The molecule has 1 N–H and O–H groups in total. The summed E-state index contributed by atoms with van der Waals surface area (Å²) in [6.07, 6.45) is 4.05. The molecule has 0 amide bonds. The first-order valence-corrected chi connectivity index (χ1v) is 6.28. The number of rotatable bonds is 5. The minimum Gasteiger partial charge on any atom is -0.313 e. The van der Waals surface area contributed by atoms with E-state index in [1.54, 1.807) is 19.3 Å². The maximum Gasteiger partial charge on any atom is 0.162 e. The third kappa shape index (κ3) is 2.98. The quantitative estimate of drug-likeness (QED) is 0.900. The largest absolute Gasteiger partial charge is 0.313 e. The van der Waals surface area contributed by atoms with Gasteiger partial charge in [0, 0.05) is 24.3 Å². The van der Waals surface area contributed by atoms with Gasteiger partial charge in [-0.2, -0.15) is 5.10 Å². The van der Waals surface area contributed by atoms with Crippen LogP contribution in [0.2, 0.25) is 0 Å². The molecule has 1 heterocycles. The van der Waals surface area contributed by atoms with Crippen LogP contribution < -0.4 is 5.32 Å². The zero-order valence-corrected chi connectivity index (χ0v) is 11.0. The molecule has 5 heteroatoms. The number of nitrogens with zero attached hydrogens (tertiary/aromatic N) is 2. The fourth-order valence-electron chi connectivity index (χ4n) is 2.05. The molecule has 0 aliphatic heterocycles. The molecule has 0 radical (unpaired) electrons. The Morgan fingerprint density at radius 1 is 1.37 bits per heavy atom. The van der Waals surface area contributed by atoms with Crippen molar-refractivity contribution in [2.75, 3.05) is 7.05 Å². The molecule has 1 atom stereocenters. The molecule has 1 aromatic heterocycles. The van der Waals surface area contributed by atoms with E-state index in [4.69, 9.17) is 0 Å². The highest BCUT2D eigenvalue weighted by atomic mass is 19.2. The van der Waals surface area contributed by atoms with Gasteiger partial charge in [0.1, 0.15) is 0 Å². The predicted octanol–water partition coefficient (Wildman–Crippen LogP) is 2.68. The van der Waals surface area contributed by atoms with Crippen molar-refractivity contribution in [1.82, 2.24) is 15.1 Å². The Bertz CT molecular complexity index is 551. The summed E-state index contributed by atoms with van der Waals surface area (Å²) in [5.41, 5.74) is 1.33. The Balaban J connectivity index is 2.21. The van der Waals surface area contributed by atoms with E-state index in [0.717, 1.165) is 18.2 Å². The topological polar surface area (TPSA) is 29.9 Å². The number of halogens is 2. The van der Waals surface area contributed by atoms with Crippen molar-refractivity contribution in [2.24, 2.45) is 0 Å². The molecule has 0 saturated heterocycles. The summed E-state index contributed by atoms with van der Waals surface area (Å²) in [6, 6.07) is 4.17. The number of hydrogen-bond acceptors (Lipinski definition) is 2. The lowest BCUT2D eigenvalue weighted by Gasteiger charge is -2.15. The number of hydrogen-bond donors (Lipinski definition) is 1. The van der Waals surface area contributed by atoms with Crippen LogP contribution in [-0.4, -0.2) is 16.8 Å². The second-order valence-electron chi connectivity index (χ2n) is 4.39. The van der Waals surface area contributed by atoms with Crippen LogP contribution in [0.1, 0.15) is 24.1 Å². The molecule has 0 aliphatic carbocycles. The van der Waals surface area contributed by atoms with Crippen molar-refractivity contribution in [3.63, 3.8) is 0 Å². The number of likely N-dealkylation sites (N-methyl/N-ethyl adjacent to an activating group) is 1. The number of aromatic nitrogens is 2. The minimum absolute atomic E-state index is 0.0865. The highest BCUT2D eigenvalue weighted by molar-refractivity contribution is 5.23. The van der Waals surface area contributed by atoms with Gasteiger partial charge in [0.15, 0.2) is 11.6 Å². The van der Waals surface area contributed by atoms with Gasteiger partial charge in [-0.05, 0) is 32.0 Å². The van der Waals surface area contributed by atoms with E-state index in [1.165, 1.54) is 6.07 Å². The molecule has 1 aromatic carbocycles. The van der Waals surface area contributed by atoms with Crippen molar-refractivity contribution in [3.8, 4) is 0 Å². The smallest absolute Gasteiger partial charge is 0.162 e. The number of benzene rings is 1. The van der Waals surface area contributed by atoms with Crippen LogP contribution in [0.5, 0.6) is 0 Å². The SMILES string of the molecule is CCn1cc(C(Cc2cccc(F)c2F)NC)cn1.